The van der Waals surface area contributed by atoms with Crippen LogP contribution in [0.25, 0.3) is 0 Å². The van der Waals surface area contributed by atoms with E-state index in [2.05, 4.69) is 9.98 Å². The van der Waals surface area contributed by atoms with Crippen molar-refractivity contribution in [3.8, 4) is 11.5 Å². The molecule has 0 aromatic heterocycles. The number of carbonyl (C=O) groups is 2. The van der Waals surface area contributed by atoms with Crippen molar-refractivity contribution in [1.82, 2.24) is 0 Å². The van der Waals surface area contributed by atoms with Crippen LogP contribution >= 0.6 is 11.8 Å². The molecule has 2 fully saturated rings. The second-order valence-electron chi connectivity index (χ2n) is 9.35. The zero-order chi connectivity index (χ0) is 26.0. The van der Waals surface area contributed by atoms with Crippen LogP contribution in [0.4, 0.5) is 0 Å². The molecule has 0 radical (unpaired) electrons. The van der Waals surface area contributed by atoms with E-state index in [1.807, 2.05) is 42.5 Å². The van der Waals surface area contributed by atoms with Gasteiger partial charge in [0.25, 0.3) is 0 Å². The van der Waals surface area contributed by atoms with Crippen LogP contribution in [0.1, 0.15) is 17.5 Å². The van der Waals surface area contributed by atoms with Crippen molar-refractivity contribution in [2.24, 2.45) is 33.5 Å². The normalized spacial score (nSPS) is 27.3. The van der Waals surface area contributed by atoms with Crippen molar-refractivity contribution in [3.63, 3.8) is 0 Å². The van der Waals surface area contributed by atoms with Crippen molar-refractivity contribution in [3.05, 3.63) is 59.7 Å². The van der Waals surface area contributed by atoms with Crippen LogP contribution in [0.15, 0.2) is 58.5 Å². The molecule has 194 valence electrons. The summed E-state index contributed by atoms with van der Waals surface area (Å²) in [7, 11) is 3.16. The highest BCUT2D eigenvalue weighted by Crippen LogP contribution is 2.65. The number of aliphatic imine (C=N–C) groups is 2. The molecule has 0 amide bonds. The van der Waals surface area contributed by atoms with E-state index in [9.17, 15) is 9.59 Å². The molecular weight excluding hydrogens is 494 g/mol. The van der Waals surface area contributed by atoms with Gasteiger partial charge >= 0.3 is 11.9 Å². The Morgan fingerprint density at radius 3 is 2.27 bits per heavy atom. The van der Waals surface area contributed by atoms with Gasteiger partial charge in [-0.05, 0) is 47.7 Å². The summed E-state index contributed by atoms with van der Waals surface area (Å²) in [4.78, 5) is 35.1. The van der Waals surface area contributed by atoms with Gasteiger partial charge in [0.1, 0.15) is 30.3 Å². The average Bonchev–Trinajstić information content (AvgIpc) is 3.35. The van der Waals surface area contributed by atoms with E-state index in [4.69, 9.17) is 24.7 Å². The quantitative estimate of drug-likeness (QED) is 0.498. The number of ether oxygens (including phenoxy) is 4. The summed E-state index contributed by atoms with van der Waals surface area (Å²) in [6.45, 7) is 0.705. The number of nitrogens with zero attached hydrogens (tertiary/aromatic N) is 2. The number of fused-ring (bicyclic) bond motifs is 1. The molecule has 5 rings (SSSR count). The van der Waals surface area contributed by atoms with Gasteiger partial charge in [0.05, 0.1) is 26.7 Å². The van der Waals surface area contributed by atoms with Crippen LogP contribution in [0.5, 0.6) is 11.5 Å². The molecule has 3 aliphatic rings. The number of nitrogens with two attached hydrogens (primary N) is 1. The summed E-state index contributed by atoms with van der Waals surface area (Å²) in [6.07, 6.45) is 2.11. The molecule has 0 unspecified atom stereocenters. The second kappa shape index (κ2) is 10.5. The second-order valence-corrected chi connectivity index (χ2v) is 10.6. The lowest BCUT2D eigenvalue weighted by Crippen LogP contribution is -2.51. The van der Waals surface area contributed by atoms with Gasteiger partial charge in [-0.3, -0.25) is 14.6 Å². The van der Waals surface area contributed by atoms with Crippen LogP contribution in [-0.4, -0.2) is 54.9 Å². The minimum absolute atomic E-state index is 0.0616. The first-order chi connectivity index (χ1) is 17.9. The maximum absolute atomic E-state index is 13.3. The van der Waals surface area contributed by atoms with Crippen molar-refractivity contribution in [2.45, 2.75) is 30.4 Å². The van der Waals surface area contributed by atoms with E-state index in [-0.39, 0.29) is 36.3 Å². The number of hydrogen-bond acceptors (Lipinski definition) is 10. The van der Waals surface area contributed by atoms with Crippen molar-refractivity contribution in [1.29, 1.82) is 0 Å². The number of hydrogen-bond donors (Lipinski definition) is 1. The number of amidine groups is 1. The van der Waals surface area contributed by atoms with Gasteiger partial charge in [-0.2, -0.15) is 0 Å². The molecule has 0 spiro atoms. The Kier molecular flexibility index (Phi) is 7.21. The summed E-state index contributed by atoms with van der Waals surface area (Å²) >= 11 is 1.47. The molecule has 5 atom stereocenters. The lowest BCUT2D eigenvalue weighted by molar-refractivity contribution is -0.153. The first kappa shape index (κ1) is 25.3. The minimum Gasteiger partial charge on any atom is -0.497 e. The van der Waals surface area contributed by atoms with Gasteiger partial charge < -0.3 is 24.7 Å². The van der Waals surface area contributed by atoms with Crippen molar-refractivity contribution in [2.75, 3.05) is 20.8 Å². The van der Waals surface area contributed by atoms with Gasteiger partial charge in [-0.25, -0.2) is 4.99 Å². The van der Waals surface area contributed by atoms with E-state index in [0.717, 1.165) is 11.1 Å². The maximum Gasteiger partial charge on any atom is 0.326 e. The minimum atomic E-state index is -1.30. The Labute approximate surface area is 219 Å². The van der Waals surface area contributed by atoms with E-state index >= 15 is 0 Å². The predicted octanol–water partition coefficient (Wildman–Crippen LogP) is 3.00. The number of benzene rings is 2. The molecule has 0 saturated heterocycles. The third kappa shape index (κ3) is 5.21. The molecule has 2 N–H and O–H groups in total. The zero-order valence-corrected chi connectivity index (χ0v) is 21.5. The van der Waals surface area contributed by atoms with E-state index in [0.29, 0.717) is 29.6 Å². The summed E-state index contributed by atoms with van der Waals surface area (Å²) in [5, 5.41) is 0.552. The third-order valence-corrected chi connectivity index (χ3v) is 8.31. The van der Waals surface area contributed by atoms with Crippen LogP contribution in [-0.2, 0) is 32.3 Å². The van der Waals surface area contributed by atoms with E-state index < -0.39 is 17.4 Å². The molecular formula is C27H29N3O6S. The Balaban J connectivity index is 1.28. The van der Waals surface area contributed by atoms with Crippen LogP contribution in [0.2, 0.25) is 0 Å². The van der Waals surface area contributed by atoms with E-state index in [1.165, 1.54) is 11.8 Å². The predicted molar refractivity (Wildman–Crippen MR) is 140 cm³/mol. The highest BCUT2D eigenvalue weighted by atomic mass is 32.2. The fourth-order valence-corrected chi connectivity index (χ4v) is 6.66. The molecule has 0 bridgehead atoms. The smallest absolute Gasteiger partial charge is 0.326 e. The summed E-state index contributed by atoms with van der Waals surface area (Å²) in [5.74, 6) is -0.499. The van der Waals surface area contributed by atoms with Crippen LogP contribution < -0.4 is 15.2 Å². The highest BCUT2D eigenvalue weighted by molar-refractivity contribution is 8.14. The fraction of sp³-hybridized carbons (Fsp3) is 0.407. The molecule has 37 heavy (non-hydrogen) atoms. The Morgan fingerprint density at radius 2 is 1.68 bits per heavy atom. The topological polar surface area (TPSA) is 122 Å². The largest absolute Gasteiger partial charge is 0.497 e. The van der Waals surface area contributed by atoms with Crippen molar-refractivity contribution < 1.29 is 28.5 Å². The van der Waals surface area contributed by atoms with Gasteiger partial charge in [-0.1, -0.05) is 36.0 Å². The fourth-order valence-electron chi connectivity index (χ4n) is 5.25. The molecule has 1 heterocycles. The zero-order valence-electron chi connectivity index (χ0n) is 20.7. The number of methoxy groups -OCH3 is 2. The molecule has 2 aliphatic carbocycles. The maximum atomic E-state index is 13.3. The molecule has 9 nitrogen and oxygen atoms in total. The molecule has 10 heteroatoms. The van der Waals surface area contributed by atoms with Gasteiger partial charge in [0.15, 0.2) is 5.17 Å². The SMILES string of the molecule is COc1cccc(COC(=O)[C@H]2[C@H]3[C@@H]2[C@](N)(C(=O)OCc2cccc(OC)c2)C[C@@H]3SC2=NCC=N2)c1. The number of rotatable bonds is 9. The van der Waals surface area contributed by atoms with E-state index in [1.54, 1.807) is 26.5 Å². The van der Waals surface area contributed by atoms with Crippen LogP contribution in [0, 0.1) is 17.8 Å². The lowest BCUT2D eigenvalue weighted by atomic mass is 9.91. The number of thioether (sulfide) groups is 1. The summed E-state index contributed by atoms with van der Waals surface area (Å²) in [5.41, 5.74) is 7.03. The van der Waals surface area contributed by atoms with Gasteiger partial charge in [0.2, 0.25) is 0 Å². The molecule has 1 aliphatic heterocycles. The Bertz CT molecular complexity index is 1250. The third-order valence-electron chi connectivity index (χ3n) is 7.08. The summed E-state index contributed by atoms with van der Waals surface area (Å²) < 4.78 is 21.8. The lowest BCUT2D eigenvalue weighted by Gasteiger charge is -2.27. The van der Waals surface area contributed by atoms with Gasteiger partial charge in [-0.15, -0.1) is 0 Å². The summed E-state index contributed by atoms with van der Waals surface area (Å²) in [6, 6.07) is 14.6. The standard InChI is InChI=1S/C27H29N3O6S/c1-33-18-7-3-5-16(11-18)14-35-24(31)22-21-20(37-26-29-9-10-30-26)13-27(28,23(21)22)25(32)36-15-17-6-4-8-19(12-17)34-2/h3-9,11-12,20-23H,10,13-15,28H2,1-2H3/t20-,21-,22-,23-,27-/m0/s1. The monoisotopic (exact) mass is 523 g/mol. The van der Waals surface area contributed by atoms with Gasteiger partial charge in [0, 0.05) is 17.4 Å². The Morgan fingerprint density at radius 1 is 1.03 bits per heavy atom. The number of carbonyl (C=O) groups excluding carboxylic acids is 2. The number of esters is 2. The highest BCUT2D eigenvalue weighted by Gasteiger charge is 2.74. The Hall–Kier alpha value is -3.37. The molecule has 2 saturated carbocycles. The average molecular weight is 524 g/mol. The first-order valence-electron chi connectivity index (χ1n) is 12.0. The molecule has 2 aromatic rings. The first-order valence-corrected chi connectivity index (χ1v) is 12.9. The van der Waals surface area contributed by atoms with Crippen molar-refractivity contribution >= 4 is 35.1 Å². The van der Waals surface area contributed by atoms with Crippen LogP contribution in [0.3, 0.4) is 0 Å². The molecule has 2 aromatic carbocycles.